The highest BCUT2D eigenvalue weighted by atomic mass is 16.5. The van der Waals surface area contributed by atoms with Crippen LogP contribution in [0.5, 0.6) is 0 Å². The van der Waals surface area contributed by atoms with Crippen LogP contribution in [0, 0.1) is 0 Å². The van der Waals surface area contributed by atoms with Crippen LogP contribution >= 0.6 is 0 Å². The Kier molecular flexibility index (Phi) is 11.7. The number of alkyl carbamates (subject to hydrolysis) is 1. The van der Waals surface area contributed by atoms with E-state index >= 15 is 0 Å². The maximum Gasteiger partial charge on any atom is 0.408 e. The highest BCUT2D eigenvalue weighted by Crippen LogP contribution is 2.13. The number of amides is 3. The van der Waals surface area contributed by atoms with E-state index in [0.29, 0.717) is 17.4 Å². The molecule has 12 nitrogen and oxygen atoms in total. The number of para-hydroxylation sites is 1. The first-order valence-corrected chi connectivity index (χ1v) is 14.4. The maximum absolute atomic E-state index is 13.6. The summed E-state index contributed by atoms with van der Waals surface area (Å²) in [5.41, 5.74) is 12.5. The summed E-state index contributed by atoms with van der Waals surface area (Å²) in [7, 11) is 0. The van der Waals surface area contributed by atoms with Gasteiger partial charge in [0, 0.05) is 18.4 Å². The van der Waals surface area contributed by atoms with E-state index in [0.717, 1.165) is 11.1 Å². The Hall–Kier alpha value is -5.65. The van der Waals surface area contributed by atoms with Gasteiger partial charge in [-0.2, -0.15) is 0 Å². The fourth-order valence-electron chi connectivity index (χ4n) is 4.54. The summed E-state index contributed by atoms with van der Waals surface area (Å²) in [5, 5.41) is 8.80. The van der Waals surface area contributed by atoms with Gasteiger partial charge in [-0.3, -0.25) is 14.6 Å². The van der Waals surface area contributed by atoms with E-state index < -0.39 is 35.6 Å². The van der Waals surface area contributed by atoms with Crippen molar-refractivity contribution in [2.45, 2.75) is 44.5 Å². The summed E-state index contributed by atoms with van der Waals surface area (Å²) in [6, 6.07) is 24.9. The highest BCUT2D eigenvalue weighted by molar-refractivity contribution is 5.91. The lowest BCUT2D eigenvalue weighted by Crippen LogP contribution is -2.54. The Morgan fingerprint density at radius 2 is 1.49 bits per heavy atom. The van der Waals surface area contributed by atoms with Crippen molar-refractivity contribution >= 4 is 34.8 Å². The molecule has 4 aromatic rings. The zero-order valence-corrected chi connectivity index (χ0v) is 24.6. The standard InChI is InChI=1S/C33H36N6O6/c34-32(35)36-17-9-15-26(29(40)37-20-25-19-24-14-7-8-16-28(24)45-31(25)42)38-30(41)27(18-22-10-3-1-4-11-22)39-33(43)44-21-23-12-5-2-6-13-23/h1-8,10-14,16,19,26-27H,9,15,17-18,20-21H2,(H,37,40)(H,38,41)(H,39,43)(H4,34,35,36)/t26-,27-/m0/s1. The van der Waals surface area contributed by atoms with E-state index in [2.05, 4.69) is 20.9 Å². The molecule has 0 aliphatic carbocycles. The van der Waals surface area contributed by atoms with Crippen LogP contribution in [-0.2, 0) is 33.9 Å². The van der Waals surface area contributed by atoms with Gasteiger partial charge in [0.25, 0.3) is 0 Å². The first-order chi connectivity index (χ1) is 21.8. The highest BCUT2D eigenvalue weighted by Gasteiger charge is 2.27. The molecule has 1 aromatic heterocycles. The molecule has 0 spiro atoms. The van der Waals surface area contributed by atoms with Gasteiger partial charge < -0.3 is 36.6 Å². The average molecular weight is 613 g/mol. The van der Waals surface area contributed by atoms with Crippen molar-refractivity contribution in [1.29, 1.82) is 0 Å². The van der Waals surface area contributed by atoms with Gasteiger partial charge in [0.15, 0.2) is 5.96 Å². The number of hydrogen-bond donors (Lipinski definition) is 5. The third kappa shape index (κ3) is 10.2. The number of aliphatic imine (C=N–C) groups is 1. The fourth-order valence-corrected chi connectivity index (χ4v) is 4.54. The molecule has 234 valence electrons. The molecule has 4 rings (SSSR count). The summed E-state index contributed by atoms with van der Waals surface area (Å²) in [6.07, 6.45) is -0.0959. The lowest BCUT2D eigenvalue weighted by molar-refractivity contribution is -0.130. The maximum atomic E-state index is 13.6. The number of nitrogens with zero attached hydrogens (tertiary/aromatic N) is 1. The second kappa shape index (κ2) is 16.3. The molecule has 0 aliphatic heterocycles. The van der Waals surface area contributed by atoms with Gasteiger partial charge in [-0.05, 0) is 36.1 Å². The van der Waals surface area contributed by atoms with Crippen LogP contribution in [-0.4, -0.2) is 42.5 Å². The van der Waals surface area contributed by atoms with Crippen molar-refractivity contribution in [3.05, 3.63) is 118 Å². The van der Waals surface area contributed by atoms with Crippen LogP contribution in [0.15, 0.2) is 105 Å². The zero-order valence-electron chi connectivity index (χ0n) is 24.6. The van der Waals surface area contributed by atoms with Crippen molar-refractivity contribution in [3.8, 4) is 0 Å². The Morgan fingerprint density at radius 1 is 0.822 bits per heavy atom. The number of hydrogen-bond acceptors (Lipinski definition) is 7. The molecule has 45 heavy (non-hydrogen) atoms. The molecular formula is C33H36N6O6. The number of guanidine groups is 1. The summed E-state index contributed by atoms with van der Waals surface area (Å²) >= 11 is 0. The number of fused-ring (bicyclic) bond motifs is 1. The fraction of sp³-hybridized carbons (Fsp3) is 0.242. The predicted molar refractivity (Wildman–Crippen MR) is 170 cm³/mol. The summed E-state index contributed by atoms with van der Waals surface area (Å²) in [5.74, 6) is -1.22. The number of nitrogens with one attached hydrogen (secondary N) is 3. The van der Waals surface area contributed by atoms with Crippen LogP contribution in [0.4, 0.5) is 4.79 Å². The largest absolute Gasteiger partial charge is 0.445 e. The Morgan fingerprint density at radius 3 is 2.20 bits per heavy atom. The molecule has 0 unspecified atom stereocenters. The number of carbonyl (C=O) groups is 3. The van der Waals surface area contributed by atoms with Crippen molar-refractivity contribution in [2.24, 2.45) is 16.5 Å². The molecule has 7 N–H and O–H groups in total. The molecule has 0 radical (unpaired) electrons. The van der Waals surface area contributed by atoms with Gasteiger partial charge >= 0.3 is 11.7 Å². The molecule has 0 saturated heterocycles. The van der Waals surface area contributed by atoms with E-state index in [4.69, 9.17) is 20.6 Å². The third-order valence-electron chi connectivity index (χ3n) is 6.85. The zero-order chi connectivity index (χ0) is 32.0. The minimum atomic E-state index is -1.06. The average Bonchev–Trinajstić information content (AvgIpc) is 3.04. The predicted octanol–water partition coefficient (Wildman–Crippen LogP) is 2.49. The van der Waals surface area contributed by atoms with E-state index in [1.807, 2.05) is 66.7 Å². The molecule has 1 heterocycles. The van der Waals surface area contributed by atoms with E-state index in [1.54, 1.807) is 24.3 Å². The van der Waals surface area contributed by atoms with Gasteiger partial charge in [0.2, 0.25) is 11.8 Å². The van der Waals surface area contributed by atoms with E-state index in [9.17, 15) is 19.2 Å². The van der Waals surface area contributed by atoms with E-state index in [1.165, 1.54) is 0 Å². The van der Waals surface area contributed by atoms with Gasteiger partial charge in [0.05, 0.1) is 12.1 Å². The van der Waals surface area contributed by atoms with Crippen LogP contribution in [0.2, 0.25) is 0 Å². The molecule has 3 aromatic carbocycles. The van der Waals surface area contributed by atoms with Gasteiger partial charge in [0.1, 0.15) is 24.3 Å². The van der Waals surface area contributed by atoms with Crippen LogP contribution in [0.3, 0.4) is 0 Å². The quantitative estimate of drug-likeness (QED) is 0.0621. The monoisotopic (exact) mass is 612 g/mol. The van der Waals surface area contributed by atoms with Crippen molar-refractivity contribution < 1.29 is 23.5 Å². The number of benzene rings is 3. The lowest BCUT2D eigenvalue weighted by Gasteiger charge is -2.23. The summed E-state index contributed by atoms with van der Waals surface area (Å²) < 4.78 is 10.7. The van der Waals surface area contributed by atoms with Crippen LogP contribution in [0.25, 0.3) is 11.0 Å². The van der Waals surface area contributed by atoms with Gasteiger partial charge in [-0.25, -0.2) is 9.59 Å². The second-order valence-electron chi connectivity index (χ2n) is 10.3. The number of rotatable bonds is 14. The van der Waals surface area contributed by atoms with Crippen molar-refractivity contribution in [2.75, 3.05) is 6.54 Å². The first kappa shape index (κ1) is 32.3. The first-order valence-electron chi connectivity index (χ1n) is 14.4. The van der Waals surface area contributed by atoms with Gasteiger partial charge in [-0.15, -0.1) is 0 Å². The third-order valence-corrected chi connectivity index (χ3v) is 6.85. The van der Waals surface area contributed by atoms with Crippen LogP contribution in [0.1, 0.15) is 29.5 Å². The Bertz CT molecular complexity index is 1670. The smallest absolute Gasteiger partial charge is 0.408 e. The minimum Gasteiger partial charge on any atom is -0.445 e. The summed E-state index contributed by atoms with van der Waals surface area (Å²) in [6.45, 7) is 0.127. The molecular weight excluding hydrogens is 576 g/mol. The molecule has 2 atom stereocenters. The Labute approximate surface area is 259 Å². The molecule has 3 amide bonds. The van der Waals surface area contributed by atoms with Gasteiger partial charge in [-0.1, -0.05) is 78.9 Å². The molecule has 0 fully saturated rings. The number of nitrogens with two attached hydrogens (primary N) is 2. The normalized spacial score (nSPS) is 12.0. The molecule has 0 saturated carbocycles. The van der Waals surface area contributed by atoms with Crippen molar-refractivity contribution in [3.63, 3.8) is 0 Å². The molecule has 12 heteroatoms. The Balaban J connectivity index is 1.46. The molecule has 0 bridgehead atoms. The number of carbonyl (C=O) groups excluding carboxylic acids is 3. The van der Waals surface area contributed by atoms with Crippen LogP contribution < -0.4 is 33.0 Å². The van der Waals surface area contributed by atoms with Crippen molar-refractivity contribution in [1.82, 2.24) is 16.0 Å². The lowest BCUT2D eigenvalue weighted by atomic mass is 10.0. The van der Waals surface area contributed by atoms with E-state index in [-0.39, 0.29) is 44.1 Å². The second-order valence-corrected chi connectivity index (χ2v) is 10.3. The number of ether oxygens (including phenoxy) is 1. The minimum absolute atomic E-state index is 0.0188. The molecule has 0 aliphatic rings. The summed E-state index contributed by atoms with van der Waals surface area (Å²) in [4.78, 5) is 56.1. The SMILES string of the molecule is NC(N)=NCCC[C@H](NC(=O)[C@H](Cc1ccccc1)NC(=O)OCc1ccccc1)C(=O)NCc1cc2ccccc2oc1=O. The topological polar surface area (TPSA) is 191 Å².